The van der Waals surface area contributed by atoms with Crippen molar-refractivity contribution >= 4 is 11.8 Å². The molecule has 2 fully saturated rings. The van der Waals surface area contributed by atoms with Gasteiger partial charge in [0.2, 0.25) is 0 Å². The predicted octanol–water partition coefficient (Wildman–Crippen LogP) is 0.0148. The molecule has 102 valence electrons. The lowest BCUT2D eigenvalue weighted by Gasteiger charge is -2.37. The number of fused-ring (bicyclic) bond motifs is 1. The van der Waals surface area contributed by atoms with Crippen molar-refractivity contribution in [2.24, 2.45) is 0 Å². The lowest BCUT2D eigenvalue weighted by molar-refractivity contribution is 0.197. The average Bonchev–Trinajstić information content (AvgIpc) is 2.81. The van der Waals surface area contributed by atoms with Crippen molar-refractivity contribution in [2.75, 3.05) is 38.1 Å². The van der Waals surface area contributed by atoms with Crippen molar-refractivity contribution in [1.82, 2.24) is 20.5 Å². The van der Waals surface area contributed by atoms with Gasteiger partial charge < -0.3 is 20.4 Å². The molecule has 3 heterocycles. The molecular weight excluding hydrogens is 242 g/mol. The number of nitrogens with zero attached hydrogens (tertiary/aromatic N) is 3. The minimum absolute atomic E-state index is 0.0705. The monoisotopic (exact) mass is 261 g/mol. The van der Waals surface area contributed by atoms with E-state index in [2.05, 4.69) is 26.6 Å². The summed E-state index contributed by atoms with van der Waals surface area (Å²) in [6.07, 6.45) is 1.83. The molecule has 0 aliphatic carbocycles. The van der Waals surface area contributed by atoms with Crippen LogP contribution in [0.1, 0.15) is 5.56 Å². The molecule has 1 aromatic heterocycles. The van der Waals surface area contributed by atoms with E-state index < -0.39 is 0 Å². The summed E-state index contributed by atoms with van der Waals surface area (Å²) in [7, 11) is 1.94. The molecule has 2 saturated heterocycles. The molecule has 2 aliphatic rings. The largest absolute Gasteiger partial charge is 0.352 e. The highest BCUT2D eigenvalue weighted by Gasteiger charge is 2.36. The van der Waals surface area contributed by atoms with E-state index in [-0.39, 0.29) is 12.1 Å². The van der Waals surface area contributed by atoms with Gasteiger partial charge in [0.05, 0.1) is 6.04 Å². The second-order valence-electron chi connectivity index (χ2n) is 5.00. The first-order chi connectivity index (χ1) is 9.29. The van der Waals surface area contributed by atoms with Crippen molar-refractivity contribution in [1.29, 1.82) is 0 Å². The van der Waals surface area contributed by atoms with E-state index in [1.807, 2.05) is 24.2 Å². The van der Waals surface area contributed by atoms with Crippen molar-refractivity contribution in [3.05, 3.63) is 23.9 Å². The van der Waals surface area contributed by atoms with Gasteiger partial charge in [0.25, 0.3) is 0 Å². The molecule has 2 aliphatic heterocycles. The lowest BCUT2D eigenvalue weighted by atomic mass is 10.1. The molecule has 1 atom stereocenters. The van der Waals surface area contributed by atoms with Gasteiger partial charge in [-0.1, -0.05) is 6.07 Å². The van der Waals surface area contributed by atoms with E-state index in [1.165, 1.54) is 5.56 Å². The van der Waals surface area contributed by atoms with Crippen LogP contribution < -0.4 is 15.5 Å². The zero-order valence-electron chi connectivity index (χ0n) is 11.1. The maximum atomic E-state index is 11.6. The van der Waals surface area contributed by atoms with Gasteiger partial charge in [-0.05, 0) is 13.1 Å². The molecule has 2 amide bonds. The van der Waals surface area contributed by atoms with Crippen molar-refractivity contribution in [3.63, 3.8) is 0 Å². The van der Waals surface area contributed by atoms with Crippen LogP contribution in [-0.2, 0) is 6.54 Å². The highest BCUT2D eigenvalue weighted by atomic mass is 16.2. The molecular formula is C13H19N5O. The maximum Gasteiger partial charge on any atom is 0.317 e. The number of nitrogens with one attached hydrogen (secondary N) is 2. The Morgan fingerprint density at radius 2 is 2.42 bits per heavy atom. The van der Waals surface area contributed by atoms with E-state index in [1.54, 1.807) is 0 Å². The third-order valence-corrected chi connectivity index (χ3v) is 3.77. The zero-order chi connectivity index (χ0) is 13.2. The van der Waals surface area contributed by atoms with Gasteiger partial charge in [0.15, 0.2) is 0 Å². The van der Waals surface area contributed by atoms with Gasteiger partial charge in [-0.25, -0.2) is 9.78 Å². The van der Waals surface area contributed by atoms with Crippen LogP contribution >= 0.6 is 0 Å². The minimum atomic E-state index is 0.0705. The van der Waals surface area contributed by atoms with Gasteiger partial charge in [0, 0.05) is 44.5 Å². The summed E-state index contributed by atoms with van der Waals surface area (Å²) < 4.78 is 0. The van der Waals surface area contributed by atoms with Crippen LogP contribution in [0.15, 0.2) is 18.3 Å². The van der Waals surface area contributed by atoms with Crippen molar-refractivity contribution < 1.29 is 4.79 Å². The summed E-state index contributed by atoms with van der Waals surface area (Å²) in [6.45, 7) is 4.02. The molecule has 0 saturated carbocycles. The summed E-state index contributed by atoms with van der Waals surface area (Å²) in [6, 6.07) is 4.41. The Morgan fingerprint density at radius 3 is 3.26 bits per heavy atom. The quantitative estimate of drug-likeness (QED) is 0.805. The third-order valence-electron chi connectivity index (χ3n) is 3.77. The molecule has 19 heavy (non-hydrogen) atoms. The highest BCUT2D eigenvalue weighted by molar-refractivity contribution is 5.77. The summed E-state index contributed by atoms with van der Waals surface area (Å²) >= 11 is 0. The number of hydrogen-bond donors (Lipinski definition) is 2. The van der Waals surface area contributed by atoms with Crippen molar-refractivity contribution in [2.45, 2.75) is 12.6 Å². The lowest BCUT2D eigenvalue weighted by Crippen LogP contribution is -2.52. The molecule has 6 nitrogen and oxygen atoms in total. The van der Waals surface area contributed by atoms with E-state index >= 15 is 0 Å². The number of carbonyl (C=O) groups excluding carboxylic acids is 1. The number of rotatable bonds is 3. The predicted molar refractivity (Wildman–Crippen MR) is 73.1 cm³/mol. The van der Waals surface area contributed by atoms with Crippen LogP contribution in [0, 0.1) is 0 Å². The minimum Gasteiger partial charge on any atom is -0.352 e. The first-order valence-electron chi connectivity index (χ1n) is 6.67. The first-order valence-corrected chi connectivity index (χ1v) is 6.67. The Morgan fingerprint density at radius 1 is 1.53 bits per heavy atom. The molecule has 3 rings (SSSR count). The SMILES string of the molecule is CNCc1cccnc1N1CCN2C(=O)NCC2C1. The summed E-state index contributed by atoms with van der Waals surface area (Å²) in [5, 5.41) is 6.07. The number of anilines is 1. The molecule has 1 unspecified atom stereocenters. The van der Waals surface area contributed by atoms with E-state index in [0.717, 1.165) is 38.5 Å². The molecule has 0 spiro atoms. The molecule has 6 heteroatoms. The zero-order valence-corrected chi connectivity index (χ0v) is 11.1. The summed E-state index contributed by atoms with van der Waals surface area (Å²) in [4.78, 5) is 20.3. The van der Waals surface area contributed by atoms with Gasteiger partial charge in [-0.15, -0.1) is 0 Å². The molecule has 0 aromatic carbocycles. The Kier molecular flexibility index (Phi) is 3.25. The molecule has 0 bridgehead atoms. The van der Waals surface area contributed by atoms with E-state index in [9.17, 15) is 4.79 Å². The second kappa shape index (κ2) is 5.05. The number of amides is 2. The van der Waals surface area contributed by atoms with Crippen LogP contribution in [0.3, 0.4) is 0 Å². The number of pyridine rings is 1. The summed E-state index contributed by atoms with van der Waals surface area (Å²) in [5.74, 6) is 1.04. The van der Waals surface area contributed by atoms with Gasteiger partial charge in [-0.2, -0.15) is 0 Å². The van der Waals surface area contributed by atoms with E-state index in [4.69, 9.17) is 0 Å². The Bertz CT molecular complexity index is 478. The average molecular weight is 261 g/mol. The first kappa shape index (κ1) is 12.2. The number of piperazine rings is 1. The maximum absolute atomic E-state index is 11.6. The number of urea groups is 1. The number of hydrogen-bond acceptors (Lipinski definition) is 4. The highest BCUT2D eigenvalue weighted by Crippen LogP contribution is 2.22. The summed E-state index contributed by atoms with van der Waals surface area (Å²) in [5.41, 5.74) is 1.20. The Balaban J connectivity index is 1.78. The van der Waals surface area contributed by atoms with Gasteiger partial charge in [-0.3, -0.25) is 0 Å². The molecule has 0 radical (unpaired) electrons. The molecule has 1 aromatic rings. The Labute approximate surface area is 112 Å². The molecule has 2 N–H and O–H groups in total. The fraction of sp³-hybridized carbons (Fsp3) is 0.538. The van der Waals surface area contributed by atoms with Crippen LogP contribution in [-0.4, -0.2) is 55.2 Å². The van der Waals surface area contributed by atoms with Crippen LogP contribution in [0.5, 0.6) is 0 Å². The fourth-order valence-corrected chi connectivity index (χ4v) is 2.84. The van der Waals surface area contributed by atoms with Gasteiger partial charge >= 0.3 is 6.03 Å². The Hall–Kier alpha value is -1.82. The number of aromatic nitrogens is 1. The van der Waals surface area contributed by atoms with Crippen LogP contribution in [0.25, 0.3) is 0 Å². The second-order valence-corrected chi connectivity index (χ2v) is 5.00. The van der Waals surface area contributed by atoms with E-state index in [0.29, 0.717) is 0 Å². The smallest absolute Gasteiger partial charge is 0.317 e. The third kappa shape index (κ3) is 2.23. The van der Waals surface area contributed by atoms with Crippen LogP contribution in [0.4, 0.5) is 10.6 Å². The normalized spacial score (nSPS) is 22.4. The van der Waals surface area contributed by atoms with Crippen molar-refractivity contribution in [3.8, 4) is 0 Å². The topological polar surface area (TPSA) is 60.5 Å². The van der Waals surface area contributed by atoms with Gasteiger partial charge in [0.1, 0.15) is 5.82 Å². The fourth-order valence-electron chi connectivity index (χ4n) is 2.84. The number of carbonyl (C=O) groups is 1. The van der Waals surface area contributed by atoms with Crippen LogP contribution in [0.2, 0.25) is 0 Å². The standard InChI is InChI=1S/C13H19N5O/c1-14-7-10-3-2-4-15-12(10)17-5-6-18-11(9-17)8-16-13(18)19/h2-4,11,14H,5-9H2,1H3,(H,16,19).